The summed E-state index contributed by atoms with van der Waals surface area (Å²) in [4.78, 5) is 25.6. The largest absolute Gasteiger partial charge is 0.388 e. The minimum absolute atomic E-state index is 0.0721. The topological polar surface area (TPSA) is 87.5 Å². The van der Waals surface area contributed by atoms with Crippen molar-refractivity contribution in [2.24, 2.45) is 0 Å². The van der Waals surface area contributed by atoms with Crippen LogP contribution >= 0.6 is 0 Å². The van der Waals surface area contributed by atoms with Crippen LogP contribution in [0.5, 0.6) is 0 Å². The first-order valence-electron chi connectivity index (χ1n) is 10.3. The monoisotopic (exact) mass is 424 g/mol. The van der Waals surface area contributed by atoms with E-state index in [2.05, 4.69) is 10.4 Å². The number of carbonyl (C=O) groups excluding carboxylic acids is 2. The van der Waals surface area contributed by atoms with E-state index in [4.69, 9.17) is 0 Å². The second-order valence-corrected chi connectivity index (χ2v) is 8.17. The number of aromatic nitrogens is 2. The number of carbonyl (C=O) groups is 2. The average Bonchev–Trinajstić information content (AvgIpc) is 3.09. The molecule has 0 radical (unpaired) electrons. The molecule has 2 aromatic carbocycles. The maximum atomic E-state index is 13.4. The Hall–Kier alpha value is -3.26. The molecule has 1 saturated heterocycles. The quantitative estimate of drug-likeness (QED) is 0.659. The molecule has 7 nitrogen and oxygen atoms in total. The van der Waals surface area contributed by atoms with Crippen LogP contribution in [0, 0.1) is 5.82 Å². The molecule has 0 saturated carbocycles. The summed E-state index contributed by atoms with van der Waals surface area (Å²) in [6, 6.07) is 11.6. The van der Waals surface area contributed by atoms with E-state index in [0.717, 1.165) is 10.9 Å². The van der Waals surface area contributed by atoms with Crippen molar-refractivity contribution in [3.63, 3.8) is 0 Å². The lowest BCUT2D eigenvalue weighted by Gasteiger charge is -2.38. The summed E-state index contributed by atoms with van der Waals surface area (Å²) in [5.74, 6) is -0.581. The molecule has 0 unspecified atom stereocenters. The molecule has 0 bridgehead atoms. The lowest BCUT2D eigenvalue weighted by atomic mass is 9.91. The number of halogens is 1. The highest BCUT2D eigenvalue weighted by atomic mass is 19.1. The van der Waals surface area contributed by atoms with Gasteiger partial charge in [0.05, 0.1) is 30.3 Å². The summed E-state index contributed by atoms with van der Waals surface area (Å²) >= 11 is 0. The molecule has 8 heteroatoms. The Morgan fingerprint density at radius 2 is 1.97 bits per heavy atom. The van der Waals surface area contributed by atoms with Crippen LogP contribution in [0.2, 0.25) is 0 Å². The van der Waals surface area contributed by atoms with Crippen molar-refractivity contribution in [2.45, 2.75) is 38.3 Å². The number of likely N-dealkylation sites (tertiary alicyclic amines) is 1. The first kappa shape index (κ1) is 21.0. The normalized spacial score (nSPS) is 15.8. The third-order valence-corrected chi connectivity index (χ3v) is 5.70. The lowest BCUT2D eigenvalue weighted by molar-refractivity contribution is -0.135. The standard InChI is InChI=1S/C23H25FN4O3/c1-16(29)26-20-6-5-18-14-25-28(21(18)13-20)15-23(31)7-9-27(10-8-23)22(30)12-17-3-2-4-19(24)11-17/h2-6,11,13-14,31H,7-10,12,15H2,1H3,(H,26,29). The SMILES string of the molecule is CC(=O)Nc1ccc2cnn(CC3(O)CCN(C(=O)Cc4cccc(F)c4)CC3)c2c1. The molecule has 1 aliphatic rings. The Morgan fingerprint density at radius 3 is 2.68 bits per heavy atom. The number of nitrogens with zero attached hydrogens (tertiary/aromatic N) is 3. The van der Waals surface area contributed by atoms with Gasteiger partial charge in [0.1, 0.15) is 5.82 Å². The van der Waals surface area contributed by atoms with Crippen LogP contribution in [0.25, 0.3) is 10.9 Å². The highest BCUT2D eigenvalue weighted by Crippen LogP contribution is 2.27. The molecule has 2 amide bonds. The van der Waals surface area contributed by atoms with Crippen LogP contribution in [-0.2, 0) is 22.6 Å². The fraction of sp³-hybridized carbons (Fsp3) is 0.348. The molecule has 0 aliphatic carbocycles. The summed E-state index contributed by atoms with van der Waals surface area (Å²) in [6.07, 6.45) is 2.73. The molecule has 2 N–H and O–H groups in total. The molecule has 1 aliphatic heterocycles. The molecule has 162 valence electrons. The number of piperidine rings is 1. The fourth-order valence-electron chi connectivity index (χ4n) is 4.02. The van der Waals surface area contributed by atoms with Crippen molar-refractivity contribution in [3.8, 4) is 0 Å². The lowest BCUT2D eigenvalue weighted by Crippen LogP contribution is -2.49. The molecule has 2 heterocycles. The highest BCUT2D eigenvalue weighted by molar-refractivity contribution is 5.92. The maximum Gasteiger partial charge on any atom is 0.226 e. The number of rotatable bonds is 5. The van der Waals surface area contributed by atoms with Crippen molar-refractivity contribution in [1.82, 2.24) is 14.7 Å². The Kier molecular flexibility index (Phi) is 5.73. The molecule has 4 rings (SSSR count). The molecule has 0 atom stereocenters. The Balaban J connectivity index is 1.40. The van der Waals surface area contributed by atoms with Gasteiger partial charge in [0.25, 0.3) is 0 Å². The van der Waals surface area contributed by atoms with Crippen LogP contribution in [0.15, 0.2) is 48.7 Å². The van der Waals surface area contributed by atoms with Crippen molar-refractivity contribution in [2.75, 3.05) is 18.4 Å². The molecule has 1 aromatic heterocycles. The van der Waals surface area contributed by atoms with E-state index >= 15 is 0 Å². The maximum absolute atomic E-state index is 13.4. The Bertz CT molecular complexity index is 1120. The minimum atomic E-state index is -0.988. The molecule has 0 spiro atoms. The Labute approximate surface area is 179 Å². The second kappa shape index (κ2) is 8.47. The van der Waals surface area contributed by atoms with E-state index in [1.54, 1.807) is 27.9 Å². The summed E-state index contributed by atoms with van der Waals surface area (Å²) in [5, 5.41) is 19.2. The zero-order valence-electron chi connectivity index (χ0n) is 17.3. The van der Waals surface area contributed by atoms with Crippen molar-refractivity contribution >= 4 is 28.4 Å². The molecule has 3 aromatic rings. The van der Waals surface area contributed by atoms with Crippen molar-refractivity contribution in [3.05, 3.63) is 60.0 Å². The predicted octanol–water partition coefficient (Wildman–Crippen LogP) is 2.73. The fourth-order valence-corrected chi connectivity index (χ4v) is 4.02. The van der Waals surface area contributed by atoms with Gasteiger partial charge in [0.2, 0.25) is 11.8 Å². The zero-order chi connectivity index (χ0) is 22.0. The molecule has 1 fully saturated rings. The first-order chi connectivity index (χ1) is 14.8. The molecule has 31 heavy (non-hydrogen) atoms. The summed E-state index contributed by atoms with van der Waals surface area (Å²) < 4.78 is 15.1. The predicted molar refractivity (Wildman–Crippen MR) is 115 cm³/mol. The van der Waals surface area contributed by atoms with E-state index in [0.29, 0.717) is 43.7 Å². The minimum Gasteiger partial charge on any atom is -0.388 e. The van der Waals surface area contributed by atoms with Gasteiger partial charge < -0.3 is 15.3 Å². The van der Waals surface area contributed by atoms with Gasteiger partial charge in [0.15, 0.2) is 0 Å². The zero-order valence-corrected chi connectivity index (χ0v) is 17.3. The number of aliphatic hydroxyl groups is 1. The van der Waals surface area contributed by atoms with E-state index in [1.165, 1.54) is 19.1 Å². The van der Waals surface area contributed by atoms with Gasteiger partial charge in [-0.25, -0.2) is 4.39 Å². The summed E-state index contributed by atoms with van der Waals surface area (Å²) in [5.41, 5.74) is 1.15. The van der Waals surface area contributed by atoms with E-state index in [9.17, 15) is 19.1 Å². The van der Waals surface area contributed by atoms with E-state index in [1.807, 2.05) is 18.2 Å². The van der Waals surface area contributed by atoms with Crippen LogP contribution in [0.4, 0.5) is 10.1 Å². The molecular weight excluding hydrogens is 399 g/mol. The Morgan fingerprint density at radius 1 is 1.19 bits per heavy atom. The molecular formula is C23H25FN4O3. The van der Waals surface area contributed by atoms with Crippen molar-refractivity contribution < 1.29 is 19.1 Å². The number of amides is 2. The number of hydrogen-bond donors (Lipinski definition) is 2. The van der Waals surface area contributed by atoms with Gasteiger partial charge >= 0.3 is 0 Å². The van der Waals surface area contributed by atoms with Crippen molar-refractivity contribution in [1.29, 1.82) is 0 Å². The van der Waals surface area contributed by atoms with Gasteiger partial charge in [0, 0.05) is 31.1 Å². The number of anilines is 1. The third kappa shape index (κ3) is 4.91. The van der Waals surface area contributed by atoms with Gasteiger partial charge in [-0.2, -0.15) is 5.10 Å². The number of fused-ring (bicyclic) bond motifs is 1. The van der Waals surface area contributed by atoms with Crippen LogP contribution in [-0.4, -0.2) is 50.3 Å². The number of hydrogen-bond acceptors (Lipinski definition) is 4. The van der Waals surface area contributed by atoms with Crippen LogP contribution in [0.1, 0.15) is 25.3 Å². The third-order valence-electron chi connectivity index (χ3n) is 5.70. The summed E-state index contributed by atoms with van der Waals surface area (Å²) in [6.45, 7) is 2.61. The summed E-state index contributed by atoms with van der Waals surface area (Å²) in [7, 11) is 0. The van der Waals surface area contributed by atoms with Gasteiger partial charge in [-0.15, -0.1) is 0 Å². The second-order valence-electron chi connectivity index (χ2n) is 8.17. The smallest absolute Gasteiger partial charge is 0.226 e. The van der Waals surface area contributed by atoms with E-state index in [-0.39, 0.29) is 24.1 Å². The number of nitrogens with one attached hydrogen (secondary N) is 1. The average molecular weight is 424 g/mol. The van der Waals surface area contributed by atoms with Gasteiger partial charge in [-0.3, -0.25) is 14.3 Å². The van der Waals surface area contributed by atoms with Crippen LogP contribution in [0.3, 0.4) is 0 Å². The van der Waals surface area contributed by atoms with Crippen LogP contribution < -0.4 is 5.32 Å². The number of benzene rings is 2. The first-order valence-corrected chi connectivity index (χ1v) is 10.3. The van der Waals surface area contributed by atoms with Gasteiger partial charge in [-0.05, 0) is 48.7 Å². The highest BCUT2D eigenvalue weighted by Gasteiger charge is 2.34. The van der Waals surface area contributed by atoms with E-state index < -0.39 is 5.60 Å². The van der Waals surface area contributed by atoms with Gasteiger partial charge in [-0.1, -0.05) is 12.1 Å².